The summed E-state index contributed by atoms with van der Waals surface area (Å²) in [6.45, 7) is 5.65. The number of benzene rings is 2. The number of phenols is 1. The maximum absolute atomic E-state index is 13.9. The van der Waals surface area contributed by atoms with Crippen LogP contribution in [0.15, 0.2) is 57.6 Å². The second-order valence-corrected chi connectivity index (χ2v) is 13.3. The van der Waals surface area contributed by atoms with E-state index in [1.165, 1.54) is 0 Å². The monoisotopic (exact) mass is 713 g/mol. The molecule has 2 heterocycles. The van der Waals surface area contributed by atoms with Gasteiger partial charge in [-0.1, -0.05) is 47.0 Å². The second-order valence-electron chi connectivity index (χ2n) is 12.4. The van der Waals surface area contributed by atoms with E-state index in [1.807, 2.05) is 26.8 Å². The van der Waals surface area contributed by atoms with Crippen molar-refractivity contribution in [3.8, 4) is 5.75 Å². The number of anilines is 1. The summed E-state index contributed by atoms with van der Waals surface area (Å²) < 4.78 is 88.5. The zero-order valence-electron chi connectivity index (χ0n) is 25.0. The molecule has 246 valence electrons. The number of carbonyl (C=O) groups is 2. The first-order chi connectivity index (χ1) is 21.4. The highest BCUT2D eigenvalue weighted by molar-refractivity contribution is 9.10. The van der Waals surface area contributed by atoms with Crippen LogP contribution in [0.4, 0.5) is 32.0 Å². The van der Waals surface area contributed by atoms with E-state index in [-0.39, 0.29) is 30.5 Å². The van der Waals surface area contributed by atoms with Crippen molar-refractivity contribution in [1.82, 2.24) is 0 Å². The normalized spacial score (nSPS) is 24.2. The molecule has 14 heteroatoms. The number of allylic oxidation sites excluding steroid dienone is 2. The number of halogens is 7. The number of hydrogen-bond acceptors (Lipinski definition) is 5. The van der Waals surface area contributed by atoms with Gasteiger partial charge >= 0.3 is 19.5 Å². The Morgan fingerprint density at radius 2 is 1.67 bits per heavy atom. The molecule has 5 rings (SSSR count). The molecule has 0 spiro atoms. The zero-order chi connectivity index (χ0) is 33.9. The minimum absolute atomic E-state index is 0.0496. The zero-order valence-corrected chi connectivity index (χ0v) is 26.6. The van der Waals surface area contributed by atoms with E-state index < -0.39 is 72.0 Å². The van der Waals surface area contributed by atoms with Crippen LogP contribution < -0.4 is 4.90 Å². The van der Waals surface area contributed by atoms with E-state index in [0.29, 0.717) is 35.4 Å². The van der Waals surface area contributed by atoms with Crippen LogP contribution in [0.3, 0.4) is 0 Å². The van der Waals surface area contributed by atoms with Gasteiger partial charge in [0, 0.05) is 10.0 Å². The quantitative estimate of drug-likeness (QED) is 0.137. The lowest BCUT2D eigenvalue weighted by atomic mass is 9.57. The van der Waals surface area contributed by atoms with Crippen molar-refractivity contribution < 1.29 is 50.7 Å². The Kier molecular flexibility index (Phi) is 9.30. The third-order valence-electron chi connectivity index (χ3n) is 8.96. The topological polar surface area (TPSA) is 87.1 Å². The Bertz CT molecular complexity index is 1590. The number of nitrogens with zero attached hydrogens (tertiary/aromatic N) is 1. The highest BCUT2D eigenvalue weighted by Crippen LogP contribution is 2.53. The summed E-state index contributed by atoms with van der Waals surface area (Å²) in [7, 11) is -1.31. The van der Waals surface area contributed by atoms with Gasteiger partial charge in [-0.15, -0.1) is 0 Å². The summed E-state index contributed by atoms with van der Waals surface area (Å²) in [6.07, 6.45) is -8.29. The van der Waals surface area contributed by atoms with Crippen LogP contribution in [0.1, 0.15) is 56.7 Å². The lowest BCUT2D eigenvalue weighted by Gasteiger charge is -2.44. The Morgan fingerprint density at radius 3 is 2.26 bits per heavy atom. The van der Waals surface area contributed by atoms with E-state index in [9.17, 15) is 46.1 Å². The number of aromatic hydroxyl groups is 1. The Hall–Kier alpha value is -3.10. The fraction of sp³-hybridized carbons (Fsp3) is 0.438. The molecule has 46 heavy (non-hydrogen) atoms. The van der Waals surface area contributed by atoms with Gasteiger partial charge in [0.05, 0.1) is 34.8 Å². The third kappa shape index (κ3) is 6.66. The Labute approximate surface area is 270 Å². The molecule has 3 aliphatic rings. The fourth-order valence-electron chi connectivity index (χ4n) is 6.91. The Balaban J connectivity index is 1.49. The first-order valence-electron chi connectivity index (χ1n) is 14.8. The number of phenolic OH excluding ortho intramolecular Hbond substituents is 1. The summed E-state index contributed by atoms with van der Waals surface area (Å²) in [6, 6.07) is 5.74. The molecule has 2 aliphatic heterocycles. The number of hydrogen-bond donors (Lipinski definition) is 2. The molecule has 0 radical (unpaired) electrons. The minimum atomic E-state index is -5.16. The van der Waals surface area contributed by atoms with Gasteiger partial charge in [0.1, 0.15) is 5.75 Å². The van der Waals surface area contributed by atoms with Gasteiger partial charge in [-0.3, -0.25) is 9.59 Å². The summed E-state index contributed by atoms with van der Waals surface area (Å²) in [5, 5.41) is 21.0. The maximum atomic E-state index is 13.9. The van der Waals surface area contributed by atoms with Gasteiger partial charge in [0.2, 0.25) is 11.8 Å². The molecule has 2 aromatic rings. The molecular formula is C32H31BBrF6NO5. The van der Waals surface area contributed by atoms with Crippen LogP contribution in [0.25, 0.3) is 6.08 Å². The van der Waals surface area contributed by atoms with Crippen molar-refractivity contribution in [2.45, 2.75) is 64.8 Å². The molecule has 0 unspecified atom stereocenters. The van der Waals surface area contributed by atoms with Gasteiger partial charge < -0.3 is 14.8 Å². The van der Waals surface area contributed by atoms with E-state index in [1.54, 1.807) is 18.2 Å². The molecule has 4 atom stereocenters. The lowest BCUT2D eigenvalue weighted by molar-refractivity contribution is -0.143. The van der Waals surface area contributed by atoms with Crippen molar-refractivity contribution >= 4 is 46.6 Å². The van der Waals surface area contributed by atoms with Crippen LogP contribution in [0, 0.1) is 23.7 Å². The molecule has 2 fully saturated rings. The molecule has 6 nitrogen and oxygen atoms in total. The lowest BCUT2D eigenvalue weighted by Crippen LogP contribution is -2.46. The van der Waals surface area contributed by atoms with E-state index in [2.05, 4.69) is 15.9 Å². The molecule has 0 saturated carbocycles. The van der Waals surface area contributed by atoms with Crippen LogP contribution in [-0.2, 0) is 26.6 Å². The highest BCUT2D eigenvalue weighted by Gasteiger charge is 2.58. The minimum Gasteiger partial charge on any atom is -0.507 e. The first kappa shape index (κ1) is 34.2. The summed E-state index contributed by atoms with van der Waals surface area (Å²) in [5.74, 6) is -4.63. The highest BCUT2D eigenvalue weighted by atomic mass is 79.9. The standard InChI is InChI=1S/C32H31BBrF6NO5/c1-15(2)22-13-23-28(30(44)41(29(23)43)21-11-18(31(35,36)37)10-19(12-21)32(38,39)40)24-14-33(45)46-26(27(22)24)7-4-16(3)8-17-9-20(34)5-6-25(17)42/h5-6,8-12,15,23-24,26,28,42,45H,4,7,13-14H2,1-3H3/b16-8+/t23-,24+,26-,28-/m1/s1. The van der Waals surface area contributed by atoms with Crippen molar-refractivity contribution in [2.24, 2.45) is 23.7 Å². The van der Waals surface area contributed by atoms with Crippen LogP contribution in [-0.4, -0.2) is 35.2 Å². The SMILES string of the molecule is C/C(=C\c1cc(Br)ccc1O)CC[C@H]1OB(O)C[C@H]2C1=C(C(C)C)C[C@H]1C(=O)N(c3cc(C(F)(F)F)cc(C(F)(F)F)c3)C(=O)[C@H]12. The number of amides is 2. The maximum Gasteiger partial charge on any atom is 0.455 e. The number of alkyl halides is 6. The van der Waals surface area contributed by atoms with E-state index in [4.69, 9.17) is 4.65 Å². The smallest absolute Gasteiger partial charge is 0.455 e. The molecule has 2 aromatic carbocycles. The van der Waals surface area contributed by atoms with E-state index >= 15 is 0 Å². The van der Waals surface area contributed by atoms with Crippen LogP contribution in [0.5, 0.6) is 5.75 Å². The number of carbonyl (C=O) groups excluding carboxylic acids is 2. The molecule has 0 aromatic heterocycles. The first-order valence-corrected chi connectivity index (χ1v) is 15.6. The summed E-state index contributed by atoms with van der Waals surface area (Å²) in [5.41, 5.74) is -1.01. The number of rotatable bonds is 6. The average molecular weight is 714 g/mol. The van der Waals surface area contributed by atoms with Gasteiger partial charge in [-0.2, -0.15) is 26.3 Å². The van der Waals surface area contributed by atoms with Crippen LogP contribution >= 0.6 is 15.9 Å². The summed E-state index contributed by atoms with van der Waals surface area (Å²) in [4.78, 5) is 28.1. The van der Waals surface area contributed by atoms with Gasteiger partial charge in [-0.25, -0.2) is 4.90 Å². The molecule has 2 N–H and O–H groups in total. The largest absolute Gasteiger partial charge is 0.507 e. The predicted octanol–water partition coefficient (Wildman–Crippen LogP) is 8.03. The number of imide groups is 1. The fourth-order valence-corrected chi connectivity index (χ4v) is 7.29. The Morgan fingerprint density at radius 1 is 1.04 bits per heavy atom. The van der Waals surface area contributed by atoms with Gasteiger partial charge in [0.15, 0.2) is 0 Å². The average Bonchev–Trinajstić information content (AvgIpc) is 3.21. The third-order valence-corrected chi connectivity index (χ3v) is 9.46. The molecule has 0 bridgehead atoms. The van der Waals surface area contributed by atoms with Crippen molar-refractivity contribution in [3.63, 3.8) is 0 Å². The molecule has 2 saturated heterocycles. The van der Waals surface area contributed by atoms with E-state index in [0.717, 1.165) is 21.2 Å². The molecular weight excluding hydrogens is 683 g/mol. The van der Waals surface area contributed by atoms with Crippen molar-refractivity contribution in [2.75, 3.05) is 4.90 Å². The van der Waals surface area contributed by atoms with Gasteiger partial charge in [-0.05, 0) is 86.3 Å². The summed E-state index contributed by atoms with van der Waals surface area (Å²) >= 11 is 3.38. The van der Waals surface area contributed by atoms with Crippen molar-refractivity contribution in [3.05, 3.63) is 74.3 Å². The second kappa shape index (κ2) is 12.5. The predicted molar refractivity (Wildman–Crippen MR) is 162 cm³/mol. The van der Waals surface area contributed by atoms with Crippen molar-refractivity contribution in [1.29, 1.82) is 0 Å². The molecule has 2 amide bonds. The molecule has 1 aliphatic carbocycles. The van der Waals surface area contributed by atoms with Gasteiger partial charge in [0.25, 0.3) is 0 Å². The number of fused-ring (bicyclic) bond motifs is 3. The van der Waals surface area contributed by atoms with Crippen LogP contribution in [0.2, 0.25) is 6.32 Å².